The Balaban J connectivity index is 1.35. The first-order valence-corrected chi connectivity index (χ1v) is 12.7. The number of phenols is 1. The van der Waals surface area contributed by atoms with Crippen LogP contribution in [0.2, 0.25) is 5.02 Å². The van der Waals surface area contributed by atoms with E-state index in [-0.39, 0.29) is 23.6 Å². The molecule has 186 valence electrons. The van der Waals surface area contributed by atoms with E-state index in [1.54, 1.807) is 19.2 Å². The second-order valence-corrected chi connectivity index (χ2v) is 10.5. The Kier molecular flexibility index (Phi) is 6.64. The van der Waals surface area contributed by atoms with Crippen molar-refractivity contribution < 1.29 is 19.4 Å². The van der Waals surface area contributed by atoms with Crippen LogP contribution in [0.4, 0.5) is 4.79 Å². The van der Waals surface area contributed by atoms with Crippen molar-refractivity contribution in [1.82, 2.24) is 15.1 Å². The summed E-state index contributed by atoms with van der Waals surface area (Å²) < 4.78 is 5.30. The molecule has 3 amide bonds. The first-order chi connectivity index (χ1) is 16.9. The van der Waals surface area contributed by atoms with E-state index in [1.807, 2.05) is 30.3 Å². The molecule has 1 aliphatic carbocycles. The van der Waals surface area contributed by atoms with Crippen LogP contribution in [0.25, 0.3) is 0 Å². The van der Waals surface area contributed by atoms with Crippen LogP contribution in [0.15, 0.2) is 42.5 Å². The van der Waals surface area contributed by atoms with Crippen LogP contribution in [0.3, 0.4) is 0 Å². The summed E-state index contributed by atoms with van der Waals surface area (Å²) in [6.07, 6.45) is 4.06. The van der Waals surface area contributed by atoms with Crippen LogP contribution in [0.1, 0.15) is 36.8 Å². The normalized spacial score (nSPS) is 23.5. The van der Waals surface area contributed by atoms with Crippen molar-refractivity contribution in [3.63, 3.8) is 0 Å². The topological polar surface area (TPSA) is 82.1 Å². The molecule has 8 heteroatoms. The van der Waals surface area contributed by atoms with Crippen LogP contribution in [-0.2, 0) is 17.8 Å². The summed E-state index contributed by atoms with van der Waals surface area (Å²) in [7, 11) is 1.61. The quantitative estimate of drug-likeness (QED) is 0.534. The van der Waals surface area contributed by atoms with E-state index in [1.165, 1.54) is 4.90 Å². The number of amides is 3. The first-order valence-electron chi connectivity index (χ1n) is 12.4. The number of aromatic hydroxyl groups is 1. The number of nitrogens with zero attached hydrogens (tertiary/aromatic N) is 2. The second-order valence-electron chi connectivity index (χ2n) is 10.1. The van der Waals surface area contributed by atoms with E-state index in [4.69, 9.17) is 16.3 Å². The van der Waals surface area contributed by atoms with Crippen LogP contribution < -0.4 is 10.1 Å². The molecule has 7 nitrogen and oxygen atoms in total. The van der Waals surface area contributed by atoms with Gasteiger partial charge in [-0.25, -0.2) is 4.79 Å². The van der Waals surface area contributed by atoms with Gasteiger partial charge in [-0.2, -0.15) is 0 Å². The molecular weight excluding hydrogens is 466 g/mol. The monoisotopic (exact) mass is 497 g/mol. The van der Waals surface area contributed by atoms with Gasteiger partial charge in [0.15, 0.2) is 0 Å². The maximum atomic E-state index is 13.8. The molecule has 5 rings (SSSR count). The van der Waals surface area contributed by atoms with E-state index in [0.29, 0.717) is 36.2 Å². The zero-order chi connectivity index (χ0) is 24.6. The molecule has 3 fully saturated rings. The van der Waals surface area contributed by atoms with Crippen LogP contribution in [0, 0.1) is 11.8 Å². The molecule has 0 aromatic heterocycles. The number of phenolic OH excluding ortho intramolecular Hbond substituents is 1. The fraction of sp³-hybridized carbons (Fsp3) is 0.481. The van der Waals surface area contributed by atoms with Crippen LogP contribution in [0.5, 0.6) is 11.5 Å². The average Bonchev–Trinajstić information content (AvgIpc) is 3.65. The summed E-state index contributed by atoms with van der Waals surface area (Å²) in [6.45, 7) is 2.62. The Hall–Kier alpha value is -2.77. The molecule has 2 aromatic rings. The zero-order valence-corrected chi connectivity index (χ0v) is 20.8. The van der Waals surface area contributed by atoms with Crippen LogP contribution >= 0.6 is 11.6 Å². The third-order valence-electron chi connectivity index (χ3n) is 7.73. The van der Waals surface area contributed by atoms with Crippen LogP contribution in [-0.4, -0.2) is 59.1 Å². The van der Waals surface area contributed by atoms with Crippen molar-refractivity contribution in [2.45, 2.75) is 44.2 Å². The third-order valence-corrected chi connectivity index (χ3v) is 8.10. The summed E-state index contributed by atoms with van der Waals surface area (Å²) in [5, 5.41) is 14.0. The Labute approximate surface area is 211 Å². The number of likely N-dealkylation sites (tertiary alicyclic amines) is 1. The van der Waals surface area contributed by atoms with Crippen molar-refractivity contribution >= 4 is 23.5 Å². The van der Waals surface area contributed by atoms with Crippen molar-refractivity contribution in [3.05, 3.63) is 58.6 Å². The number of methoxy groups -OCH3 is 1. The van der Waals surface area contributed by atoms with Gasteiger partial charge in [-0.3, -0.25) is 14.6 Å². The smallest absolute Gasteiger partial charge is 0.325 e. The Bertz CT molecular complexity index is 1110. The number of urea groups is 1. The van der Waals surface area contributed by atoms with Gasteiger partial charge in [0.2, 0.25) is 0 Å². The fourth-order valence-electron chi connectivity index (χ4n) is 5.49. The molecule has 2 aliphatic heterocycles. The van der Waals surface area contributed by atoms with Gasteiger partial charge in [-0.15, -0.1) is 0 Å². The number of carbonyl (C=O) groups is 2. The van der Waals surface area contributed by atoms with Gasteiger partial charge in [0, 0.05) is 30.1 Å². The highest BCUT2D eigenvalue weighted by molar-refractivity contribution is 6.31. The molecule has 0 radical (unpaired) electrons. The van der Waals surface area contributed by atoms with Crippen molar-refractivity contribution in [2.24, 2.45) is 11.8 Å². The summed E-state index contributed by atoms with van der Waals surface area (Å²) in [5.74, 6) is 1.27. The Morgan fingerprint density at radius 3 is 2.51 bits per heavy atom. The van der Waals surface area contributed by atoms with Gasteiger partial charge in [0.05, 0.1) is 7.11 Å². The average molecular weight is 498 g/mol. The highest BCUT2D eigenvalue weighted by Gasteiger charge is 2.56. The van der Waals surface area contributed by atoms with Crippen molar-refractivity contribution in [1.29, 1.82) is 0 Å². The molecule has 2 saturated heterocycles. The Morgan fingerprint density at radius 2 is 1.83 bits per heavy atom. The number of rotatable bonds is 8. The second kappa shape index (κ2) is 9.70. The molecular formula is C27H32ClN3O4. The van der Waals surface area contributed by atoms with E-state index >= 15 is 0 Å². The van der Waals surface area contributed by atoms with E-state index < -0.39 is 5.54 Å². The highest BCUT2D eigenvalue weighted by atomic mass is 35.5. The predicted octanol–water partition coefficient (Wildman–Crippen LogP) is 4.21. The van der Waals surface area contributed by atoms with Crippen molar-refractivity contribution in [2.75, 3.05) is 26.7 Å². The summed E-state index contributed by atoms with van der Waals surface area (Å²) in [6, 6.07) is 12.5. The number of ether oxygens (including phenoxy) is 1. The van der Waals surface area contributed by atoms with E-state index in [0.717, 1.165) is 49.9 Å². The molecule has 0 spiro atoms. The molecule has 0 bridgehead atoms. The zero-order valence-electron chi connectivity index (χ0n) is 20.0. The van der Waals surface area contributed by atoms with E-state index in [9.17, 15) is 14.7 Å². The van der Waals surface area contributed by atoms with Gasteiger partial charge in [0.25, 0.3) is 5.91 Å². The maximum Gasteiger partial charge on any atom is 0.325 e. The molecule has 1 saturated carbocycles. The minimum Gasteiger partial charge on any atom is -0.508 e. The highest BCUT2D eigenvalue weighted by Crippen LogP contribution is 2.40. The summed E-state index contributed by atoms with van der Waals surface area (Å²) in [5.41, 5.74) is 0.704. The maximum absolute atomic E-state index is 13.8. The first kappa shape index (κ1) is 23.9. The lowest BCUT2D eigenvalue weighted by Crippen LogP contribution is -2.57. The molecule has 2 N–H and O–H groups in total. The van der Waals surface area contributed by atoms with Gasteiger partial charge < -0.3 is 15.2 Å². The molecule has 35 heavy (non-hydrogen) atoms. The minimum atomic E-state index is -0.985. The largest absolute Gasteiger partial charge is 0.508 e. The molecule has 0 unspecified atom stereocenters. The van der Waals surface area contributed by atoms with Gasteiger partial charge in [-0.1, -0.05) is 29.8 Å². The van der Waals surface area contributed by atoms with Gasteiger partial charge >= 0.3 is 6.03 Å². The SMILES string of the molecule is COc1ccc(O)c(CN2CCC([C@]3(Cc4ccccc4Cl)NC(=O)N(CC4CC4)C3=O)CC2)c1. The molecule has 1 atom stereocenters. The summed E-state index contributed by atoms with van der Waals surface area (Å²) in [4.78, 5) is 30.6. The fourth-order valence-corrected chi connectivity index (χ4v) is 5.70. The van der Waals surface area contributed by atoms with Gasteiger partial charge in [0.1, 0.15) is 17.0 Å². The number of halogens is 1. The third kappa shape index (κ3) is 4.84. The number of hydrogen-bond acceptors (Lipinski definition) is 5. The number of imide groups is 1. The minimum absolute atomic E-state index is 0.00502. The number of piperidine rings is 1. The van der Waals surface area contributed by atoms with E-state index in [2.05, 4.69) is 10.2 Å². The predicted molar refractivity (Wildman–Crippen MR) is 134 cm³/mol. The number of hydrogen-bond donors (Lipinski definition) is 2. The molecule has 2 heterocycles. The van der Waals surface area contributed by atoms with Gasteiger partial charge in [-0.05, 0) is 80.4 Å². The standard InChI is InChI=1S/C27H32ClN3O4/c1-35-22-8-9-24(32)20(14-22)17-30-12-10-21(11-13-30)27(15-19-4-2-3-5-23(19)28)25(33)31(26(34)29-27)16-18-6-7-18/h2-5,8-9,14,18,21,32H,6-7,10-13,15-17H2,1H3,(H,29,34)/t27-/m0/s1. The number of carbonyl (C=O) groups excluding carboxylic acids is 2. The lowest BCUT2D eigenvalue weighted by molar-refractivity contribution is -0.134. The molecule has 2 aromatic carbocycles. The lowest BCUT2D eigenvalue weighted by Gasteiger charge is -2.41. The number of benzene rings is 2. The molecule has 3 aliphatic rings. The van der Waals surface area contributed by atoms with Crippen molar-refractivity contribution in [3.8, 4) is 11.5 Å². The Morgan fingerprint density at radius 1 is 1.09 bits per heavy atom. The summed E-state index contributed by atoms with van der Waals surface area (Å²) >= 11 is 6.49. The lowest BCUT2D eigenvalue weighted by atomic mass is 9.73. The number of nitrogens with one attached hydrogen (secondary N) is 1.